The van der Waals surface area contributed by atoms with Crippen molar-refractivity contribution in [1.82, 2.24) is 10.3 Å². The molecule has 0 bridgehead atoms. The molecule has 32 heavy (non-hydrogen) atoms. The second kappa shape index (κ2) is 8.55. The zero-order chi connectivity index (χ0) is 22.9. The first-order valence-corrected chi connectivity index (χ1v) is 12.9. The summed E-state index contributed by atoms with van der Waals surface area (Å²) >= 11 is 0. The van der Waals surface area contributed by atoms with Gasteiger partial charge in [0, 0.05) is 24.5 Å². The number of methoxy groups -OCH3 is 1. The van der Waals surface area contributed by atoms with Gasteiger partial charge >= 0.3 is 0 Å². The molecule has 3 aromatic rings. The van der Waals surface area contributed by atoms with Crippen molar-refractivity contribution in [3.63, 3.8) is 0 Å². The van der Waals surface area contributed by atoms with Gasteiger partial charge in [-0.2, -0.15) is 10.6 Å². The van der Waals surface area contributed by atoms with Gasteiger partial charge in [-0.3, -0.25) is 18.9 Å². The van der Waals surface area contributed by atoms with Crippen molar-refractivity contribution in [3.05, 3.63) is 83.7 Å². The van der Waals surface area contributed by atoms with E-state index >= 15 is 0 Å². The van der Waals surface area contributed by atoms with Crippen molar-refractivity contribution in [2.45, 2.75) is 21.6 Å². The molecule has 1 aliphatic heterocycles. The van der Waals surface area contributed by atoms with Crippen LogP contribution in [0.25, 0.3) is 0 Å². The molecule has 0 radical (unpaired) electrons. The first-order chi connectivity index (χ1) is 15.3. The molecule has 3 N–H and O–H groups in total. The summed E-state index contributed by atoms with van der Waals surface area (Å²) in [4.78, 5) is 17.1. The molecule has 4 rings (SSSR count). The van der Waals surface area contributed by atoms with Gasteiger partial charge in [-0.15, -0.1) is 0 Å². The third-order valence-corrected chi connectivity index (χ3v) is 9.44. The summed E-state index contributed by atoms with van der Waals surface area (Å²) in [5, 5.41) is 1.50. The molecule has 1 amide bonds. The van der Waals surface area contributed by atoms with E-state index in [0.717, 1.165) is 5.56 Å². The second-order valence-electron chi connectivity index (χ2n) is 7.28. The van der Waals surface area contributed by atoms with Crippen molar-refractivity contribution in [2.75, 3.05) is 12.9 Å². The lowest BCUT2D eigenvalue weighted by Gasteiger charge is -2.27. The molecule has 168 valence electrons. The Morgan fingerprint density at radius 2 is 1.91 bits per heavy atom. The number of nitrogens with zero attached hydrogens (tertiary/aromatic N) is 1. The molecule has 0 saturated carbocycles. The number of carbonyl (C=O) groups is 1. The Balaban J connectivity index is 1.76. The summed E-state index contributed by atoms with van der Waals surface area (Å²) in [6, 6.07) is 14.2. The first-order valence-electron chi connectivity index (χ1n) is 9.68. The van der Waals surface area contributed by atoms with E-state index in [2.05, 4.69) is 10.3 Å². The minimum absolute atomic E-state index is 0.0215. The van der Waals surface area contributed by atoms with Crippen LogP contribution in [-0.4, -0.2) is 41.3 Å². The van der Waals surface area contributed by atoms with Crippen molar-refractivity contribution < 1.29 is 27.1 Å². The van der Waals surface area contributed by atoms with Crippen LogP contribution in [0.3, 0.4) is 0 Å². The molecule has 2 aromatic carbocycles. The number of rotatable bonds is 6. The zero-order valence-electron chi connectivity index (χ0n) is 17.1. The van der Waals surface area contributed by atoms with Crippen LogP contribution in [0.2, 0.25) is 0 Å². The highest BCUT2D eigenvalue weighted by molar-refractivity contribution is 8.25. The van der Waals surface area contributed by atoms with Crippen molar-refractivity contribution in [3.8, 4) is 5.75 Å². The van der Waals surface area contributed by atoms with Gasteiger partial charge in [0.2, 0.25) is 0 Å². The minimum atomic E-state index is -3.97. The molecule has 0 fully saturated rings. The van der Waals surface area contributed by atoms with Gasteiger partial charge in [0.05, 0.1) is 28.2 Å². The number of nitrogens with one attached hydrogen (secondary N) is 1. The molecule has 0 spiro atoms. The summed E-state index contributed by atoms with van der Waals surface area (Å²) in [6.45, 7) is 0.216. The van der Waals surface area contributed by atoms with Crippen LogP contribution in [0.1, 0.15) is 26.7 Å². The first kappa shape index (κ1) is 22.3. The number of fused-ring (bicyclic) bond motifs is 1. The van der Waals surface area contributed by atoms with Gasteiger partial charge in [0.15, 0.2) is 9.84 Å². The minimum Gasteiger partial charge on any atom is -0.496 e. The maximum Gasteiger partial charge on any atom is 0.255 e. The molecule has 0 saturated heterocycles. The number of aromatic nitrogens is 1. The number of carbonyl (C=O) groups excluding carboxylic acids is 1. The SMILES string of the molecule is COc1c(C(=O)NCc2cccnc2)ccc2c1C(S(=O)(=O)c1ccccc1)CS2(O)O. The predicted molar refractivity (Wildman–Crippen MR) is 121 cm³/mol. The fraction of sp³-hybridized carbons (Fsp3) is 0.182. The van der Waals surface area contributed by atoms with Crippen LogP contribution in [0.5, 0.6) is 5.75 Å². The van der Waals surface area contributed by atoms with Crippen LogP contribution < -0.4 is 10.1 Å². The second-order valence-corrected chi connectivity index (χ2v) is 11.5. The van der Waals surface area contributed by atoms with Crippen LogP contribution in [0.15, 0.2) is 76.8 Å². The predicted octanol–water partition coefficient (Wildman–Crippen LogP) is 3.66. The van der Waals surface area contributed by atoms with Crippen LogP contribution in [0, 0.1) is 0 Å². The number of ether oxygens (including phenoxy) is 1. The summed E-state index contributed by atoms with van der Waals surface area (Å²) in [5.74, 6) is -0.850. The third kappa shape index (κ3) is 3.97. The van der Waals surface area contributed by atoms with E-state index in [9.17, 15) is 22.3 Å². The molecule has 1 aliphatic rings. The van der Waals surface area contributed by atoms with Gasteiger partial charge in [0.25, 0.3) is 5.91 Å². The fourth-order valence-electron chi connectivity index (χ4n) is 3.75. The fourth-order valence-corrected chi connectivity index (χ4v) is 8.17. The van der Waals surface area contributed by atoms with Crippen molar-refractivity contribution in [1.29, 1.82) is 0 Å². The summed E-state index contributed by atoms with van der Waals surface area (Å²) in [5.41, 5.74) is 1.02. The third-order valence-electron chi connectivity index (χ3n) is 5.28. The molecule has 8 nitrogen and oxygen atoms in total. The van der Waals surface area contributed by atoms with E-state index in [0.29, 0.717) is 0 Å². The number of amides is 1. The normalized spacial score (nSPS) is 17.9. The van der Waals surface area contributed by atoms with E-state index in [-0.39, 0.29) is 33.2 Å². The molecule has 2 heterocycles. The summed E-state index contributed by atoms with van der Waals surface area (Å²) in [6.07, 6.45) is 3.25. The molecular weight excluding hydrogens is 452 g/mol. The lowest BCUT2D eigenvalue weighted by molar-refractivity contribution is 0.0947. The molecular formula is C22H22N2O6S2. The molecule has 10 heteroatoms. The molecule has 1 aromatic heterocycles. The van der Waals surface area contributed by atoms with Gasteiger partial charge in [-0.05, 0) is 35.9 Å². The average Bonchev–Trinajstić information content (AvgIpc) is 3.09. The van der Waals surface area contributed by atoms with E-state index in [4.69, 9.17) is 4.74 Å². The standard InChI is InChI=1S/C22H22N2O6S2/c1-30-21-17(22(25)24-13-15-6-5-11-23-12-15)9-10-18-20(21)19(14-31(18,26)27)32(28,29)16-7-3-2-4-8-16/h2-12,19,26-27H,13-14H2,1H3,(H,24,25). The number of pyridine rings is 1. The zero-order valence-corrected chi connectivity index (χ0v) is 18.8. The maximum atomic E-state index is 13.4. The molecule has 1 atom stereocenters. The Hall–Kier alpha value is -2.92. The monoisotopic (exact) mass is 474 g/mol. The van der Waals surface area contributed by atoms with Gasteiger partial charge in [-0.1, -0.05) is 24.3 Å². The van der Waals surface area contributed by atoms with Crippen LogP contribution in [-0.2, 0) is 16.4 Å². The summed E-state index contributed by atoms with van der Waals surface area (Å²) in [7, 11) is -6.02. The summed E-state index contributed by atoms with van der Waals surface area (Å²) < 4.78 is 53.5. The van der Waals surface area contributed by atoms with E-state index in [1.807, 2.05) is 6.07 Å². The van der Waals surface area contributed by atoms with Gasteiger partial charge in [-0.25, -0.2) is 8.42 Å². The quantitative estimate of drug-likeness (QED) is 0.498. The van der Waals surface area contributed by atoms with Crippen LogP contribution in [0.4, 0.5) is 0 Å². The maximum absolute atomic E-state index is 13.4. The van der Waals surface area contributed by atoms with Crippen molar-refractivity contribution >= 4 is 26.3 Å². The molecule has 0 aliphatic carbocycles. The van der Waals surface area contributed by atoms with Crippen LogP contribution >= 0.6 is 10.6 Å². The lowest BCUT2D eigenvalue weighted by Crippen LogP contribution is -2.24. The Kier molecular flexibility index (Phi) is 5.95. The van der Waals surface area contributed by atoms with Gasteiger partial charge in [0.1, 0.15) is 11.0 Å². The Morgan fingerprint density at radius 1 is 1.16 bits per heavy atom. The smallest absolute Gasteiger partial charge is 0.255 e. The highest BCUT2D eigenvalue weighted by Crippen LogP contribution is 2.63. The topological polar surface area (TPSA) is 126 Å². The number of sulfone groups is 1. The van der Waals surface area contributed by atoms with Crippen molar-refractivity contribution in [2.24, 2.45) is 0 Å². The highest BCUT2D eigenvalue weighted by Gasteiger charge is 2.46. The Bertz CT molecular complexity index is 1250. The van der Waals surface area contributed by atoms with E-state index in [1.165, 1.54) is 31.4 Å². The molecule has 1 unspecified atom stereocenters. The number of hydrogen-bond acceptors (Lipinski definition) is 7. The Morgan fingerprint density at radius 3 is 2.56 bits per heavy atom. The average molecular weight is 475 g/mol. The number of hydrogen-bond donors (Lipinski definition) is 3. The highest BCUT2D eigenvalue weighted by atomic mass is 32.3. The van der Waals surface area contributed by atoms with Gasteiger partial charge < -0.3 is 10.1 Å². The number of benzene rings is 2. The van der Waals surface area contributed by atoms with E-state index < -0.39 is 37.3 Å². The Labute approximate surface area is 187 Å². The van der Waals surface area contributed by atoms with E-state index in [1.54, 1.807) is 36.7 Å². The lowest BCUT2D eigenvalue weighted by atomic mass is 10.1. The largest absolute Gasteiger partial charge is 0.496 e.